The first kappa shape index (κ1) is 24.0. The number of para-hydroxylation sites is 1. The van der Waals surface area contributed by atoms with Crippen LogP contribution in [-0.2, 0) is 19.1 Å². The Balaban J connectivity index is 1.31. The molecular weight excluding hydrogens is 438 g/mol. The summed E-state index contributed by atoms with van der Waals surface area (Å²) in [5.41, 5.74) is 5.28. The number of hydrogen-bond donors (Lipinski definition) is 3. The van der Waals surface area contributed by atoms with Crippen LogP contribution in [0, 0.1) is 0 Å². The maximum absolute atomic E-state index is 12.1. The quantitative estimate of drug-likeness (QED) is 0.332. The van der Waals surface area contributed by atoms with Gasteiger partial charge in [0.1, 0.15) is 11.5 Å². The summed E-state index contributed by atoms with van der Waals surface area (Å²) in [5.74, 6) is -0.993. The molecule has 0 saturated heterocycles. The number of ether oxygens (including phenoxy) is 2. The summed E-state index contributed by atoms with van der Waals surface area (Å²) in [6, 6.07) is 24.4. The molecule has 3 aromatic rings. The van der Waals surface area contributed by atoms with Crippen molar-refractivity contribution in [1.82, 2.24) is 10.9 Å². The number of nitrogens with one attached hydrogen (secondary N) is 3. The van der Waals surface area contributed by atoms with Crippen molar-refractivity contribution in [2.75, 3.05) is 11.9 Å². The SMILES string of the molecule is O=C(COC(=O)CCC(=O)Nc1ccc(Oc2ccccc2)cc1)NNC(=O)c1ccccc1. The normalized spacial score (nSPS) is 10.0. The van der Waals surface area contributed by atoms with Gasteiger partial charge in [-0.05, 0) is 48.5 Å². The van der Waals surface area contributed by atoms with Crippen molar-refractivity contribution < 1.29 is 28.7 Å². The number of amides is 3. The van der Waals surface area contributed by atoms with E-state index in [2.05, 4.69) is 16.2 Å². The first-order chi connectivity index (χ1) is 16.5. The summed E-state index contributed by atoms with van der Waals surface area (Å²) in [6.45, 7) is -0.585. The maximum atomic E-state index is 12.1. The summed E-state index contributed by atoms with van der Waals surface area (Å²) >= 11 is 0. The molecule has 3 rings (SSSR count). The van der Waals surface area contributed by atoms with E-state index >= 15 is 0 Å². The van der Waals surface area contributed by atoms with Crippen LogP contribution in [0.25, 0.3) is 0 Å². The van der Waals surface area contributed by atoms with Gasteiger partial charge in [-0.2, -0.15) is 0 Å². The molecule has 0 bridgehead atoms. The molecule has 34 heavy (non-hydrogen) atoms. The lowest BCUT2D eigenvalue weighted by Crippen LogP contribution is -2.43. The van der Waals surface area contributed by atoms with E-state index in [1.54, 1.807) is 54.6 Å². The van der Waals surface area contributed by atoms with Crippen molar-refractivity contribution in [2.24, 2.45) is 0 Å². The van der Waals surface area contributed by atoms with Crippen LogP contribution in [-0.4, -0.2) is 30.3 Å². The monoisotopic (exact) mass is 461 g/mol. The zero-order chi connectivity index (χ0) is 24.2. The summed E-state index contributed by atoms with van der Waals surface area (Å²) in [7, 11) is 0. The van der Waals surface area contributed by atoms with Gasteiger partial charge in [0, 0.05) is 17.7 Å². The molecule has 0 atom stereocenters. The van der Waals surface area contributed by atoms with Crippen LogP contribution in [0.1, 0.15) is 23.2 Å². The standard InChI is InChI=1S/C25H23N3O6/c29-22(26-19-11-13-21(14-12-19)34-20-9-5-2-6-10-20)15-16-24(31)33-17-23(30)27-28-25(32)18-7-3-1-4-8-18/h1-14H,15-17H2,(H,26,29)(H,27,30)(H,28,32). The highest BCUT2D eigenvalue weighted by Crippen LogP contribution is 2.22. The van der Waals surface area contributed by atoms with Crippen LogP contribution < -0.4 is 20.9 Å². The molecule has 174 valence electrons. The molecule has 3 N–H and O–H groups in total. The lowest BCUT2D eigenvalue weighted by molar-refractivity contribution is -0.149. The van der Waals surface area contributed by atoms with Gasteiger partial charge in [0.25, 0.3) is 11.8 Å². The summed E-state index contributed by atoms with van der Waals surface area (Å²) in [6.07, 6.45) is -0.321. The highest BCUT2D eigenvalue weighted by atomic mass is 16.5. The molecule has 9 heteroatoms. The summed E-state index contributed by atoms with van der Waals surface area (Å²) < 4.78 is 10.5. The first-order valence-corrected chi connectivity index (χ1v) is 10.4. The first-order valence-electron chi connectivity index (χ1n) is 10.4. The smallest absolute Gasteiger partial charge is 0.306 e. The largest absolute Gasteiger partial charge is 0.457 e. The fourth-order valence-corrected chi connectivity index (χ4v) is 2.71. The average Bonchev–Trinajstić information content (AvgIpc) is 2.87. The number of benzene rings is 3. The number of carbonyl (C=O) groups is 4. The van der Waals surface area contributed by atoms with Crippen LogP contribution in [0.3, 0.4) is 0 Å². The highest BCUT2D eigenvalue weighted by Gasteiger charge is 2.12. The summed E-state index contributed by atoms with van der Waals surface area (Å²) in [4.78, 5) is 47.4. The molecule has 9 nitrogen and oxygen atoms in total. The predicted molar refractivity (Wildman–Crippen MR) is 124 cm³/mol. The average molecular weight is 461 g/mol. The Morgan fingerprint density at radius 1 is 0.647 bits per heavy atom. The number of rotatable bonds is 9. The van der Waals surface area contributed by atoms with Crippen LogP contribution in [0.4, 0.5) is 5.69 Å². The van der Waals surface area contributed by atoms with Crippen molar-refractivity contribution in [1.29, 1.82) is 0 Å². The maximum Gasteiger partial charge on any atom is 0.306 e. The van der Waals surface area contributed by atoms with E-state index < -0.39 is 24.4 Å². The van der Waals surface area contributed by atoms with E-state index in [1.807, 2.05) is 30.3 Å². The molecule has 0 aliphatic carbocycles. The Bertz CT molecular complexity index is 1120. The van der Waals surface area contributed by atoms with E-state index in [4.69, 9.17) is 9.47 Å². The molecule has 0 spiro atoms. The second kappa shape index (κ2) is 12.4. The van der Waals surface area contributed by atoms with Crippen molar-refractivity contribution in [3.63, 3.8) is 0 Å². The fourth-order valence-electron chi connectivity index (χ4n) is 2.71. The van der Waals surface area contributed by atoms with Gasteiger partial charge in [0.2, 0.25) is 5.91 Å². The number of anilines is 1. The number of carbonyl (C=O) groups excluding carboxylic acids is 4. The van der Waals surface area contributed by atoms with E-state index in [0.717, 1.165) is 0 Å². The van der Waals surface area contributed by atoms with Gasteiger partial charge in [-0.1, -0.05) is 36.4 Å². The molecule has 0 unspecified atom stereocenters. The molecule has 3 aromatic carbocycles. The zero-order valence-corrected chi connectivity index (χ0v) is 18.2. The Kier molecular flexibility index (Phi) is 8.75. The molecule has 0 radical (unpaired) electrons. The van der Waals surface area contributed by atoms with Crippen LogP contribution in [0.15, 0.2) is 84.9 Å². The van der Waals surface area contributed by atoms with Crippen molar-refractivity contribution in [3.05, 3.63) is 90.5 Å². The van der Waals surface area contributed by atoms with Crippen molar-refractivity contribution in [3.8, 4) is 11.5 Å². The topological polar surface area (TPSA) is 123 Å². The Morgan fingerprint density at radius 3 is 1.94 bits per heavy atom. The summed E-state index contributed by atoms with van der Waals surface area (Å²) in [5, 5.41) is 2.67. The Morgan fingerprint density at radius 2 is 1.26 bits per heavy atom. The van der Waals surface area contributed by atoms with Gasteiger partial charge in [0.15, 0.2) is 6.61 Å². The van der Waals surface area contributed by atoms with Crippen molar-refractivity contribution >= 4 is 29.4 Å². The van der Waals surface area contributed by atoms with Crippen LogP contribution in [0.2, 0.25) is 0 Å². The Hall–Kier alpha value is -4.66. The second-order valence-corrected chi connectivity index (χ2v) is 7.02. The third-order valence-corrected chi connectivity index (χ3v) is 4.39. The molecule has 3 amide bonds. The molecule has 0 heterocycles. The second-order valence-electron chi connectivity index (χ2n) is 7.02. The fraction of sp³-hybridized carbons (Fsp3) is 0.120. The lowest BCUT2D eigenvalue weighted by Gasteiger charge is -2.09. The molecule has 0 aliphatic rings. The van der Waals surface area contributed by atoms with Crippen molar-refractivity contribution in [2.45, 2.75) is 12.8 Å². The van der Waals surface area contributed by atoms with E-state index in [9.17, 15) is 19.2 Å². The van der Waals surface area contributed by atoms with Crippen LogP contribution >= 0.6 is 0 Å². The van der Waals surface area contributed by atoms with Gasteiger partial charge < -0.3 is 14.8 Å². The minimum Gasteiger partial charge on any atom is -0.457 e. The zero-order valence-electron chi connectivity index (χ0n) is 18.2. The third-order valence-electron chi connectivity index (χ3n) is 4.39. The van der Waals surface area contributed by atoms with Gasteiger partial charge in [-0.3, -0.25) is 30.0 Å². The molecule has 0 fully saturated rings. The number of esters is 1. The van der Waals surface area contributed by atoms with E-state index in [1.165, 1.54) is 0 Å². The minimum atomic E-state index is -0.716. The van der Waals surface area contributed by atoms with Gasteiger partial charge >= 0.3 is 5.97 Å². The molecule has 0 saturated carbocycles. The minimum absolute atomic E-state index is 0.118. The van der Waals surface area contributed by atoms with Gasteiger partial charge in [-0.25, -0.2) is 0 Å². The highest BCUT2D eigenvalue weighted by molar-refractivity contribution is 5.95. The Labute approximate surface area is 196 Å². The van der Waals surface area contributed by atoms with Crippen LogP contribution in [0.5, 0.6) is 11.5 Å². The van der Waals surface area contributed by atoms with Gasteiger partial charge in [0.05, 0.1) is 6.42 Å². The molecule has 0 aliphatic heterocycles. The van der Waals surface area contributed by atoms with Gasteiger partial charge in [-0.15, -0.1) is 0 Å². The molecular formula is C25H23N3O6. The van der Waals surface area contributed by atoms with E-state index in [0.29, 0.717) is 22.7 Å². The number of hydrogen-bond acceptors (Lipinski definition) is 6. The predicted octanol–water partition coefficient (Wildman–Crippen LogP) is 3.20. The number of hydrazine groups is 1. The third kappa shape index (κ3) is 8.12. The molecule has 0 aromatic heterocycles. The van der Waals surface area contributed by atoms with E-state index in [-0.39, 0.29) is 18.7 Å². The lowest BCUT2D eigenvalue weighted by atomic mass is 10.2.